The van der Waals surface area contributed by atoms with Crippen LogP contribution in [0.5, 0.6) is 5.75 Å². The lowest BCUT2D eigenvalue weighted by Crippen LogP contribution is -2.13. The van der Waals surface area contributed by atoms with E-state index >= 15 is 0 Å². The zero-order valence-electron chi connectivity index (χ0n) is 6.73. The molecule has 0 saturated carbocycles. The van der Waals surface area contributed by atoms with Crippen molar-refractivity contribution in [1.29, 1.82) is 0 Å². The summed E-state index contributed by atoms with van der Waals surface area (Å²) >= 11 is 0. The summed E-state index contributed by atoms with van der Waals surface area (Å²) in [5, 5.41) is 10.8. The summed E-state index contributed by atoms with van der Waals surface area (Å²) in [4.78, 5) is 13.6. The lowest BCUT2D eigenvalue weighted by Gasteiger charge is -1.98. The van der Waals surface area contributed by atoms with Gasteiger partial charge in [0, 0.05) is 12.4 Å². The molecule has 0 aliphatic rings. The number of hydrogen-bond acceptors (Lipinski definition) is 1. The fraction of sp³-hybridized carbons (Fsp3) is 0. The van der Waals surface area contributed by atoms with Crippen molar-refractivity contribution in [2.75, 3.05) is 0 Å². The largest absolute Gasteiger partial charge is 0.330 e. The minimum absolute atomic E-state index is 0.0627. The quantitative estimate of drug-likeness (QED) is 0.697. The third-order valence-corrected chi connectivity index (χ3v) is 1.76. The van der Waals surface area contributed by atoms with Crippen LogP contribution in [0.4, 0.5) is 0 Å². The normalized spacial score (nSPS) is 10.2. The molecule has 1 heterocycles. The summed E-state index contributed by atoms with van der Waals surface area (Å²) < 4.78 is 1.43. The Morgan fingerprint density at radius 1 is 1.15 bits per heavy atom. The Hall–Kier alpha value is -1.97. The minimum Gasteiger partial charge on any atom is -0.312 e. The molecule has 0 aliphatic carbocycles. The molecule has 0 bridgehead atoms. The molecule has 4 nitrogen and oxygen atoms in total. The van der Waals surface area contributed by atoms with Crippen LogP contribution in [0.15, 0.2) is 41.5 Å². The summed E-state index contributed by atoms with van der Waals surface area (Å²) in [5.74, 6) is -0.0627. The van der Waals surface area contributed by atoms with E-state index in [1.54, 1.807) is 24.5 Å². The van der Waals surface area contributed by atoms with Gasteiger partial charge in [-0.2, -0.15) is 0 Å². The van der Waals surface area contributed by atoms with E-state index in [1.165, 1.54) is 16.7 Å². The summed E-state index contributed by atoms with van der Waals surface area (Å²) in [7, 11) is 0. The Labute approximate surface area is 74.1 Å². The van der Waals surface area contributed by atoms with Crippen molar-refractivity contribution >= 4 is 0 Å². The first kappa shape index (κ1) is 7.67. The molecule has 0 saturated heterocycles. The van der Waals surface area contributed by atoms with Crippen molar-refractivity contribution in [2.24, 2.45) is 0 Å². The molecule has 0 atom stereocenters. The summed E-state index contributed by atoms with van der Waals surface area (Å²) in [6.45, 7) is 0. The first-order valence-electron chi connectivity index (χ1n) is 3.81. The summed E-state index contributed by atoms with van der Waals surface area (Å²) in [6, 6.07) is 6.07. The predicted octanol–water partition coefficient (Wildman–Crippen LogP) is 1.31. The number of rotatable bonds is 1. The molecule has 0 aliphatic heterocycles. The number of H-pyrrole nitrogens is 1. The van der Waals surface area contributed by atoms with Crippen LogP contribution in [0.2, 0.25) is 0 Å². The Balaban J connectivity index is 2.54. The molecule has 1 aromatic heterocycles. The fourth-order valence-electron chi connectivity index (χ4n) is 1.13. The van der Waals surface area contributed by atoms with Gasteiger partial charge in [0.1, 0.15) is 0 Å². The Kier molecular flexibility index (Phi) is 1.66. The standard InChI is InChI=1S/C9H7N2O2/c12-8-3-1-7(2-4-8)11-6-5-10-9(11)13/h1-6H,(H,10,13). The van der Waals surface area contributed by atoms with Gasteiger partial charge in [-0.15, -0.1) is 0 Å². The molecule has 0 unspecified atom stereocenters. The van der Waals surface area contributed by atoms with Gasteiger partial charge in [0.2, 0.25) is 0 Å². The van der Waals surface area contributed by atoms with E-state index in [-0.39, 0.29) is 11.4 Å². The van der Waals surface area contributed by atoms with Crippen molar-refractivity contribution in [1.82, 2.24) is 9.55 Å². The van der Waals surface area contributed by atoms with Gasteiger partial charge in [-0.1, -0.05) is 0 Å². The van der Waals surface area contributed by atoms with Crippen LogP contribution in [-0.4, -0.2) is 9.55 Å². The zero-order valence-corrected chi connectivity index (χ0v) is 6.73. The molecule has 1 radical (unpaired) electrons. The number of nitrogens with one attached hydrogen (secondary N) is 1. The number of aromatic amines is 1. The van der Waals surface area contributed by atoms with Crippen LogP contribution in [0.1, 0.15) is 0 Å². The van der Waals surface area contributed by atoms with Gasteiger partial charge in [-0.05, 0) is 24.3 Å². The lowest BCUT2D eigenvalue weighted by molar-refractivity contribution is 0.355. The number of benzene rings is 1. The van der Waals surface area contributed by atoms with Gasteiger partial charge < -0.3 is 4.98 Å². The van der Waals surface area contributed by atoms with Crippen LogP contribution >= 0.6 is 0 Å². The van der Waals surface area contributed by atoms with Crippen LogP contribution < -0.4 is 5.69 Å². The Bertz CT molecular complexity index is 453. The number of imidazole rings is 1. The maximum absolute atomic E-state index is 11.1. The van der Waals surface area contributed by atoms with Crippen molar-refractivity contribution in [2.45, 2.75) is 0 Å². The maximum Gasteiger partial charge on any atom is 0.330 e. The van der Waals surface area contributed by atoms with E-state index in [1.807, 2.05) is 0 Å². The zero-order chi connectivity index (χ0) is 9.26. The second kappa shape index (κ2) is 2.82. The fourth-order valence-corrected chi connectivity index (χ4v) is 1.13. The van der Waals surface area contributed by atoms with Crippen molar-refractivity contribution in [3.8, 4) is 11.4 Å². The van der Waals surface area contributed by atoms with E-state index in [4.69, 9.17) is 0 Å². The molecule has 4 heteroatoms. The second-order valence-electron chi connectivity index (χ2n) is 2.63. The smallest absolute Gasteiger partial charge is 0.312 e. The minimum atomic E-state index is -0.210. The molecular weight excluding hydrogens is 168 g/mol. The van der Waals surface area contributed by atoms with Crippen LogP contribution in [0, 0.1) is 0 Å². The van der Waals surface area contributed by atoms with Crippen LogP contribution in [0.3, 0.4) is 0 Å². The van der Waals surface area contributed by atoms with E-state index in [2.05, 4.69) is 4.98 Å². The van der Waals surface area contributed by atoms with Crippen molar-refractivity contribution in [3.05, 3.63) is 47.1 Å². The average Bonchev–Trinajstić information content (AvgIpc) is 2.53. The topological polar surface area (TPSA) is 57.7 Å². The number of hydrogen-bond donors (Lipinski definition) is 1. The van der Waals surface area contributed by atoms with Gasteiger partial charge in [0.25, 0.3) is 0 Å². The van der Waals surface area contributed by atoms with Crippen molar-refractivity contribution in [3.63, 3.8) is 0 Å². The van der Waals surface area contributed by atoms with Gasteiger partial charge >= 0.3 is 5.69 Å². The molecule has 65 valence electrons. The van der Waals surface area contributed by atoms with Crippen LogP contribution in [-0.2, 0) is 5.11 Å². The Morgan fingerprint density at radius 3 is 2.38 bits per heavy atom. The third kappa shape index (κ3) is 1.33. The highest BCUT2D eigenvalue weighted by atomic mass is 16.3. The predicted molar refractivity (Wildman–Crippen MR) is 46.5 cm³/mol. The summed E-state index contributed by atoms with van der Waals surface area (Å²) in [6.07, 6.45) is 3.16. The first-order chi connectivity index (χ1) is 6.27. The number of aromatic nitrogens is 2. The maximum atomic E-state index is 11.1. The molecule has 1 aromatic carbocycles. The average molecular weight is 175 g/mol. The molecule has 2 aromatic rings. The monoisotopic (exact) mass is 175 g/mol. The van der Waals surface area contributed by atoms with Gasteiger partial charge in [0.05, 0.1) is 5.69 Å². The Morgan fingerprint density at radius 2 is 1.85 bits per heavy atom. The molecule has 13 heavy (non-hydrogen) atoms. The van der Waals surface area contributed by atoms with E-state index < -0.39 is 0 Å². The van der Waals surface area contributed by atoms with Gasteiger partial charge in [-0.25, -0.2) is 4.79 Å². The van der Waals surface area contributed by atoms with E-state index in [9.17, 15) is 9.90 Å². The lowest BCUT2D eigenvalue weighted by atomic mass is 10.3. The molecule has 2 rings (SSSR count). The SMILES string of the molecule is [O]c1ccc(-n2cc[nH]c2=O)cc1. The first-order valence-corrected chi connectivity index (χ1v) is 3.81. The molecule has 0 amide bonds. The second-order valence-corrected chi connectivity index (χ2v) is 2.63. The van der Waals surface area contributed by atoms with E-state index in [0.29, 0.717) is 5.69 Å². The highest BCUT2D eigenvalue weighted by Gasteiger charge is 1.98. The summed E-state index contributed by atoms with van der Waals surface area (Å²) in [5.41, 5.74) is 0.476. The van der Waals surface area contributed by atoms with Crippen molar-refractivity contribution < 1.29 is 5.11 Å². The van der Waals surface area contributed by atoms with Gasteiger partial charge in [0.15, 0.2) is 5.75 Å². The number of nitrogens with zero attached hydrogens (tertiary/aromatic N) is 1. The molecule has 0 fully saturated rings. The third-order valence-electron chi connectivity index (χ3n) is 1.76. The van der Waals surface area contributed by atoms with E-state index in [0.717, 1.165) is 0 Å². The van der Waals surface area contributed by atoms with Gasteiger partial charge in [-0.3, -0.25) is 9.67 Å². The molecular formula is C9H7N2O2. The highest BCUT2D eigenvalue weighted by Crippen LogP contribution is 2.12. The molecule has 1 N–H and O–H groups in total. The van der Waals surface area contributed by atoms with Crippen LogP contribution in [0.25, 0.3) is 5.69 Å². The highest BCUT2D eigenvalue weighted by molar-refractivity contribution is 5.36. The molecule has 0 spiro atoms.